The Morgan fingerprint density at radius 2 is 2.40 bits per heavy atom. The Morgan fingerprint density at radius 1 is 1.60 bits per heavy atom. The fourth-order valence-electron chi connectivity index (χ4n) is 1.28. The van der Waals surface area contributed by atoms with E-state index in [9.17, 15) is 4.79 Å². The number of pyridine rings is 1. The summed E-state index contributed by atoms with van der Waals surface area (Å²) in [5.74, 6) is -0.257. The molecular weight excluding hydrogens is 212 g/mol. The minimum absolute atomic E-state index is 0.628. The molecule has 4 nitrogen and oxygen atoms in total. The van der Waals surface area contributed by atoms with Crippen LogP contribution in [0.4, 0.5) is 5.82 Å². The first kappa shape index (κ1) is 9.92. The standard InChI is InChI=1S/C10H10N2O2S/c1-6(10(13)14)12-9-7-3-5-15-8(7)2-4-11-9/h2-6H,1H3,(H,11,12)(H,13,14). The molecule has 0 aliphatic carbocycles. The maximum absolute atomic E-state index is 10.7. The third kappa shape index (κ3) is 1.92. The average molecular weight is 222 g/mol. The maximum Gasteiger partial charge on any atom is 0.325 e. The van der Waals surface area contributed by atoms with E-state index >= 15 is 0 Å². The molecule has 0 spiro atoms. The predicted molar refractivity (Wildman–Crippen MR) is 60.3 cm³/mol. The highest BCUT2D eigenvalue weighted by molar-refractivity contribution is 7.17. The van der Waals surface area contributed by atoms with Crippen LogP contribution < -0.4 is 5.32 Å². The molecule has 0 aliphatic heterocycles. The molecule has 0 aromatic carbocycles. The third-order valence-electron chi connectivity index (χ3n) is 2.10. The molecule has 0 aliphatic rings. The molecule has 0 saturated carbocycles. The Hall–Kier alpha value is -1.62. The highest BCUT2D eigenvalue weighted by Crippen LogP contribution is 2.25. The van der Waals surface area contributed by atoms with Crippen LogP contribution in [-0.4, -0.2) is 22.1 Å². The number of carboxylic acids is 1. The van der Waals surface area contributed by atoms with Gasteiger partial charge >= 0.3 is 5.97 Å². The van der Waals surface area contributed by atoms with Gasteiger partial charge in [0.05, 0.1) is 0 Å². The van der Waals surface area contributed by atoms with E-state index in [1.165, 1.54) is 0 Å². The molecule has 0 saturated heterocycles. The summed E-state index contributed by atoms with van der Waals surface area (Å²) in [6.45, 7) is 1.59. The molecular formula is C10H10N2O2S. The van der Waals surface area contributed by atoms with E-state index in [1.54, 1.807) is 24.5 Å². The van der Waals surface area contributed by atoms with Crippen LogP contribution in [0.15, 0.2) is 23.7 Å². The molecule has 0 radical (unpaired) electrons. The first-order chi connectivity index (χ1) is 7.18. The van der Waals surface area contributed by atoms with Crippen molar-refractivity contribution in [3.8, 4) is 0 Å². The number of aliphatic carboxylic acids is 1. The monoisotopic (exact) mass is 222 g/mol. The smallest absolute Gasteiger partial charge is 0.325 e. The fourth-order valence-corrected chi connectivity index (χ4v) is 2.06. The molecule has 78 valence electrons. The number of fused-ring (bicyclic) bond motifs is 1. The van der Waals surface area contributed by atoms with E-state index in [-0.39, 0.29) is 0 Å². The molecule has 2 N–H and O–H groups in total. The van der Waals surface area contributed by atoms with Crippen LogP contribution in [0.3, 0.4) is 0 Å². The SMILES string of the molecule is CC(Nc1nccc2sccc12)C(=O)O. The van der Waals surface area contributed by atoms with Gasteiger partial charge in [-0.15, -0.1) is 11.3 Å². The summed E-state index contributed by atoms with van der Waals surface area (Å²) in [4.78, 5) is 14.8. The molecule has 0 fully saturated rings. The first-order valence-electron chi connectivity index (χ1n) is 4.50. The average Bonchev–Trinajstić information content (AvgIpc) is 2.66. The molecule has 0 bridgehead atoms. The van der Waals surface area contributed by atoms with Gasteiger partial charge in [-0.25, -0.2) is 4.98 Å². The third-order valence-corrected chi connectivity index (χ3v) is 2.99. The van der Waals surface area contributed by atoms with Gasteiger partial charge in [-0.2, -0.15) is 0 Å². The lowest BCUT2D eigenvalue weighted by molar-refractivity contribution is -0.137. The Balaban J connectivity index is 2.35. The van der Waals surface area contributed by atoms with Gasteiger partial charge in [0.2, 0.25) is 0 Å². The summed E-state index contributed by atoms with van der Waals surface area (Å²) >= 11 is 1.61. The maximum atomic E-state index is 10.7. The normalized spacial score (nSPS) is 12.6. The van der Waals surface area contributed by atoms with Gasteiger partial charge in [0.25, 0.3) is 0 Å². The van der Waals surface area contributed by atoms with Crippen molar-refractivity contribution in [3.63, 3.8) is 0 Å². The highest BCUT2D eigenvalue weighted by atomic mass is 32.1. The van der Waals surface area contributed by atoms with E-state index in [2.05, 4.69) is 10.3 Å². The second-order valence-electron chi connectivity index (χ2n) is 3.20. The van der Waals surface area contributed by atoms with Gasteiger partial charge < -0.3 is 10.4 Å². The van der Waals surface area contributed by atoms with Crippen molar-refractivity contribution in [3.05, 3.63) is 23.7 Å². The second kappa shape index (κ2) is 3.86. The number of hydrogen-bond donors (Lipinski definition) is 2. The quantitative estimate of drug-likeness (QED) is 0.835. The fraction of sp³-hybridized carbons (Fsp3) is 0.200. The zero-order valence-electron chi connectivity index (χ0n) is 8.10. The van der Waals surface area contributed by atoms with Crippen molar-refractivity contribution in [2.45, 2.75) is 13.0 Å². The molecule has 2 aromatic rings. The largest absolute Gasteiger partial charge is 0.480 e. The van der Waals surface area contributed by atoms with Crippen LogP contribution in [0, 0.1) is 0 Å². The first-order valence-corrected chi connectivity index (χ1v) is 5.38. The zero-order chi connectivity index (χ0) is 10.8. The zero-order valence-corrected chi connectivity index (χ0v) is 8.91. The van der Waals surface area contributed by atoms with Crippen LogP contribution in [-0.2, 0) is 4.79 Å². The number of thiophene rings is 1. The Morgan fingerprint density at radius 3 is 3.13 bits per heavy atom. The van der Waals surface area contributed by atoms with Crippen molar-refractivity contribution < 1.29 is 9.90 Å². The summed E-state index contributed by atoms with van der Waals surface area (Å²) < 4.78 is 1.10. The Kier molecular flexibility index (Phi) is 2.55. The molecule has 1 unspecified atom stereocenters. The summed E-state index contributed by atoms with van der Waals surface area (Å²) in [5, 5.41) is 14.6. The van der Waals surface area contributed by atoms with Gasteiger partial charge in [-0.1, -0.05) is 0 Å². The number of aromatic nitrogens is 1. The highest BCUT2D eigenvalue weighted by Gasteiger charge is 2.12. The van der Waals surface area contributed by atoms with Crippen LogP contribution >= 0.6 is 11.3 Å². The summed E-state index contributed by atoms with van der Waals surface area (Å²) in [6.07, 6.45) is 1.68. The number of nitrogens with one attached hydrogen (secondary N) is 1. The Bertz CT molecular complexity index is 495. The van der Waals surface area contributed by atoms with Gasteiger partial charge in [0, 0.05) is 16.3 Å². The number of nitrogens with zero attached hydrogens (tertiary/aromatic N) is 1. The van der Waals surface area contributed by atoms with Crippen molar-refractivity contribution >= 4 is 33.2 Å². The Labute approximate surface area is 90.6 Å². The van der Waals surface area contributed by atoms with E-state index in [0.717, 1.165) is 10.1 Å². The molecule has 1 atom stereocenters. The van der Waals surface area contributed by atoms with E-state index in [1.807, 2.05) is 17.5 Å². The van der Waals surface area contributed by atoms with Gasteiger partial charge in [0.1, 0.15) is 11.9 Å². The van der Waals surface area contributed by atoms with E-state index in [4.69, 9.17) is 5.11 Å². The lowest BCUT2D eigenvalue weighted by atomic mass is 10.3. The van der Waals surface area contributed by atoms with Crippen LogP contribution in [0.5, 0.6) is 0 Å². The number of rotatable bonds is 3. The molecule has 2 rings (SSSR count). The molecule has 2 heterocycles. The number of anilines is 1. The summed E-state index contributed by atoms with van der Waals surface area (Å²) in [5.41, 5.74) is 0. The number of carboxylic acid groups (broad SMARTS) is 1. The second-order valence-corrected chi connectivity index (χ2v) is 4.14. The van der Waals surface area contributed by atoms with E-state index < -0.39 is 12.0 Å². The van der Waals surface area contributed by atoms with Gasteiger partial charge in [-0.05, 0) is 24.4 Å². The summed E-state index contributed by atoms with van der Waals surface area (Å²) in [7, 11) is 0. The topological polar surface area (TPSA) is 62.2 Å². The minimum atomic E-state index is -0.885. The van der Waals surface area contributed by atoms with Gasteiger partial charge in [-0.3, -0.25) is 4.79 Å². The van der Waals surface area contributed by atoms with E-state index in [0.29, 0.717) is 5.82 Å². The minimum Gasteiger partial charge on any atom is -0.480 e. The molecule has 5 heteroatoms. The number of carbonyl (C=O) groups is 1. The number of hydrogen-bond acceptors (Lipinski definition) is 4. The van der Waals surface area contributed by atoms with Crippen molar-refractivity contribution in [1.29, 1.82) is 0 Å². The lowest BCUT2D eigenvalue weighted by Gasteiger charge is -2.10. The van der Waals surface area contributed by atoms with Gasteiger partial charge in [0.15, 0.2) is 0 Å². The van der Waals surface area contributed by atoms with Crippen LogP contribution in [0.2, 0.25) is 0 Å². The van der Waals surface area contributed by atoms with Crippen LogP contribution in [0.25, 0.3) is 10.1 Å². The predicted octanol–water partition coefficient (Wildman–Crippen LogP) is 2.18. The lowest BCUT2D eigenvalue weighted by Crippen LogP contribution is -2.25. The van der Waals surface area contributed by atoms with Crippen molar-refractivity contribution in [2.75, 3.05) is 5.32 Å². The molecule has 0 amide bonds. The van der Waals surface area contributed by atoms with Crippen LogP contribution in [0.1, 0.15) is 6.92 Å². The van der Waals surface area contributed by atoms with Crippen molar-refractivity contribution in [1.82, 2.24) is 4.98 Å². The van der Waals surface area contributed by atoms with Crippen molar-refractivity contribution in [2.24, 2.45) is 0 Å². The molecule has 15 heavy (non-hydrogen) atoms. The molecule has 2 aromatic heterocycles. The summed E-state index contributed by atoms with van der Waals surface area (Å²) in [6, 6.07) is 3.21.